The van der Waals surface area contributed by atoms with E-state index in [4.69, 9.17) is 9.47 Å². The lowest BCUT2D eigenvalue weighted by atomic mass is 10.2. The number of benzene rings is 2. The van der Waals surface area contributed by atoms with Gasteiger partial charge in [-0.3, -0.25) is 4.79 Å². The SMILES string of the molecule is COc1ccc(/C=C/C(=O)Nc2c(C)nc(Oc3ccccc3)nc2C)cc1. The molecule has 142 valence electrons. The highest BCUT2D eigenvalue weighted by molar-refractivity contribution is 6.02. The number of carbonyl (C=O) groups excluding carboxylic acids is 1. The van der Waals surface area contributed by atoms with E-state index in [2.05, 4.69) is 15.3 Å². The quantitative estimate of drug-likeness (QED) is 0.640. The molecule has 1 N–H and O–H groups in total. The fraction of sp³-hybridized carbons (Fsp3) is 0.136. The van der Waals surface area contributed by atoms with E-state index in [1.807, 2.05) is 54.6 Å². The average molecular weight is 375 g/mol. The largest absolute Gasteiger partial charge is 0.497 e. The summed E-state index contributed by atoms with van der Waals surface area (Å²) in [6.45, 7) is 3.60. The molecule has 28 heavy (non-hydrogen) atoms. The summed E-state index contributed by atoms with van der Waals surface area (Å²) in [7, 11) is 1.61. The molecule has 0 aliphatic rings. The number of ether oxygens (including phenoxy) is 2. The first-order valence-electron chi connectivity index (χ1n) is 8.76. The highest BCUT2D eigenvalue weighted by Gasteiger charge is 2.11. The van der Waals surface area contributed by atoms with Gasteiger partial charge in [0.25, 0.3) is 0 Å². The molecular weight excluding hydrogens is 354 g/mol. The van der Waals surface area contributed by atoms with Crippen LogP contribution in [-0.2, 0) is 4.79 Å². The summed E-state index contributed by atoms with van der Waals surface area (Å²) in [4.78, 5) is 20.9. The third kappa shape index (κ3) is 4.94. The van der Waals surface area contributed by atoms with Crippen LogP contribution in [0.2, 0.25) is 0 Å². The lowest BCUT2D eigenvalue weighted by molar-refractivity contribution is -0.111. The van der Waals surface area contributed by atoms with Gasteiger partial charge >= 0.3 is 6.01 Å². The summed E-state index contributed by atoms with van der Waals surface area (Å²) in [5.41, 5.74) is 2.73. The molecule has 0 spiro atoms. The van der Waals surface area contributed by atoms with E-state index >= 15 is 0 Å². The Bertz CT molecular complexity index is 961. The Kier molecular flexibility index (Phi) is 6.01. The van der Waals surface area contributed by atoms with Crippen LogP contribution in [0.15, 0.2) is 60.7 Å². The first-order valence-corrected chi connectivity index (χ1v) is 8.76. The van der Waals surface area contributed by atoms with E-state index in [0.717, 1.165) is 11.3 Å². The van der Waals surface area contributed by atoms with Crippen LogP contribution in [0.25, 0.3) is 6.08 Å². The molecule has 0 aliphatic carbocycles. The summed E-state index contributed by atoms with van der Waals surface area (Å²) >= 11 is 0. The minimum atomic E-state index is -0.262. The first kappa shape index (κ1) is 19.1. The molecule has 0 aliphatic heterocycles. The molecule has 2 aromatic carbocycles. The van der Waals surface area contributed by atoms with E-state index in [1.54, 1.807) is 27.0 Å². The Balaban J connectivity index is 1.69. The topological polar surface area (TPSA) is 73.3 Å². The maximum atomic E-state index is 12.3. The maximum absolute atomic E-state index is 12.3. The molecule has 1 heterocycles. The molecular formula is C22H21N3O3. The molecule has 0 saturated carbocycles. The smallest absolute Gasteiger partial charge is 0.322 e. The molecule has 1 amide bonds. The van der Waals surface area contributed by atoms with E-state index in [1.165, 1.54) is 6.08 Å². The molecule has 1 aromatic heterocycles. The standard InChI is InChI=1S/C22H21N3O3/c1-15-21(16(2)24-22(23-15)28-19-7-5-4-6-8-19)25-20(26)14-11-17-9-12-18(27-3)13-10-17/h4-14H,1-3H3,(H,25,26)/b14-11+. The maximum Gasteiger partial charge on any atom is 0.322 e. The minimum absolute atomic E-state index is 0.243. The van der Waals surface area contributed by atoms with Crippen molar-refractivity contribution in [3.05, 3.63) is 77.6 Å². The minimum Gasteiger partial charge on any atom is -0.497 e. The van der Waals surface area contributed by atoms with Crippen molar-refractivity contribution >= 4 is 17.7 Å². The van der Waals surface area contributed by atoms with Gasteiger partial charge in [-0.2, -0.15) is 9.97 Å². The van der Waals surface area contributed by atoms with Gasteiger partial charge in [-0.1, -0.05) is 30.3 Å². The zero-order chi connectivity index (χ0) is 19.9. The zero-order valence-electron chi connectivity index (χ0n) is 16.0. The number of hydrogen-bond acceptors (Lipinski definition) is 5. The zero-order valence-corrected chi connectivity index (χ0v) is 16.0. The van der Waals surface area contributed by atoms with Gasteiger partial charge in [0.15, 0.2) is 0 Å². The molecule has 0 atom stereocenters. The number of nitrogens with one attached hydrogen (secondary N) is 1. The number of methoxy groups -OCH3 is 1. The predicted octanol–water partition coefficient (Wildman–Crippen LogP) is 4.55. The van der Waals surface area contributed by atoms with Crippen molar-refractivity contribution in [2.45, 2.75) is 13.8 Å². The predicted molar refractivity (Wildman–Crippen MR) is 109 cm³/mol. The molecule has 0 radical (unpaired) electrons. The van der Waals surface area contributed by atoms with Crippen LogP contribution in [0.5, 0.6) is 17.5 Å². The number of amides is 1. The van der Waals surface area contributed by atoms with Gasteiger partial charge in [0, 0.05) is 6.08 Å². The van der Waals surface area contributed by atoms with Crippen LogP contribution in [0.1, 0.15) is 17.0 Å². The summed E-state index contributed by atoms with van der Waals surface area (Å²) in [6.07, 6.45) is 3.20. The highest BCUT2D eigenvalue weighted by atomic mass is 16.5. The van der Waals surface area contributed by atoms with Crippen LogP contribution in [0.4, 0.5) is 5.69 Å². The van der Waals surface area contributed by atoms with E-state index in [0.29, 0.717) is 22.8 Å². The Morgan fingerprint density at radius 1 is 0.929 bits per heavy atom. The molecule has 0 fully saturated rings. The van der Waals surface area contributed by atoms with Crippen LogP contribution < -0.4 is 14.8 Å². The van der Waals surface area contributed by atoms with Crippen LogP contribution in [0, 0.1) is 13.8 Å². The molecule has 3 aromatic rings. The number of rotatable bonds is 6. The second kappa shape index (κ2) is 8.81. The van der Waals surface area contributed by atoms with Gasteiger partial charge in [-0.15, -0.1) is 0 Å². The van der Waals surface area contributed by atoms with Gasteiger partial charge in [0.2, 0.25) is 5.91 Å². The van der Waals surface area contributed by atoms with Crippen LogP contribution >= 0.6 is 0 Å². The average Bonchev–Trinajstić information content (AvgIpc) is 2.70. The number of nitrogens with zero attached hydrogens (tertiary/aromatic N) is 2. The van der Waals surface area contributed by atoms with Crippen molar-refractivity contribution in [3.8, 4) is 17.5 Å². The van der Waals surface area contributed by atoms with Crippen LogP contribution in [-0.4, -0.2) is 23.0 Å². The third-order valence-corrected chi connectivity index (χ3v) is 3.99. The summed E-state index contributed by atoms with van der Waals surface area (Å²) in [5.74, 6) is 1.16. The van der Waals surface area contributed by atoms with Crippen molar-refractivity contribution in [1.29, 1.82) is 0 Å². The Hall–Kier alpha value is -3.67. The highest BCUT2D eigenvalue weighted by Crippen LogP contribution is 2.23. The normalized spacial score (nSPS) is 10.7. The number of para-hydroxylation sites is 1. The molecule has 3 rings (SSSR count). The monoisotopic (exact) mass is 375 g/mol. The lowest BCUT2D eigenvalue weighted by Crippen LogP contribution is -2.12. The summed E-state index contributed by atoms with van der Waals surface area (Å²) in [5, 5.41) is 2.83. The van der Waals surface area contributed by atoms with Crippen molar-refractivity contribution in [2.24, 2.45) is 0 Å². The fourth-order valence-electron chi connectivity index (χ4n) is 2.56. The number of hydrogen-bond donors (Lipinski definition) is 1. The number of anilines is 1. The molecule has 0 unspecified atom stereocenters. The van der Waals surface area contributed by atoms with E-state index in [-0.39, 0.29) is 11.9 Å². The van der Waals surface area contributed by atoms with Gasteiger partial charge in [0.1, 0.15) is 11.5 Å². The van der Waals surface area contributed by atoms with Crippen LogP contribution in [0.3, 0.4) is 0 Å². The van der Waals surface area contributed by atoms with Gasteiger partial charge in [-0.05, 0) is 49.8 Å². The first-order chi connectivity index (χ1) is 13.5. The fourth-order valence-corrected chi connectivity index (χ4v) is 2.56. The van der Waals surface area contributed by atoms with Gasteiger partial charge in [-0.25, -0.2) is 0 Å². The van der Waals surface area contributed by atoms with Crippen molar-refractivity contribution < 1.29 is 14.3 Å². The Morgan fingerprint density at radius 3 is 2.18 bits per heavy atom. The number of carbonyl (C=O) groups is 1. The molecule has 6 nitrogen and oxygen atoms in total. The van der Waals surface area contributed by atoms with Crippen molar-refractivity contribution in [2.75, 3.05) is 12.4 Å². The Morgan fingerprint density at radius 2 is 1.57 bits per heavy atom. The van der Waals surface area contributed by atoms with Crippen molar-refractivity contribution in [3.63, 3.8) is 0 Å². The van der Waals surface area contributed by atoms with E-state index in [9.17, 15) is 4.79 Å². The lowest BCUT2D eigenvalue weighted by Gasteiger charge is -2.11. The number of aryl methyl sites for hydroxylation is 2. The Labute approximate surface area is 163 Å². The summed E-state index contributed by atoms with van der Waals surface area (Å²) in [6, 6.07) is 17.0. The molecule has 0 bridgehead atoms. The van der Waals surface area contributed by atoms with Gasteiger partial charge < -0.3 is 14.8 Å². The summed E-state index contributed by atoms with van der Waals surface area (Å²) < 4.78 is 10.8. The van der Waals surface area contributed by atoms with Gasteiger partial charge in [0.05, 0.1) is 24.2 Å². The second-order valence-electron chi connectivity index (χ2n) is 6.06. The molecule has 0 saturated heterocycles. The number of aromatic nitrogens is 2. The molecule has 6 heteroatoms. The second-order valence-corrected chi connectivity index (χ2v) is 6.06. The van der Waals surface area contributed by atoms with Crippen molar-refractivity contribution in [1.82, 2.24) is 9.97 Å². The van der Waals surface area contributed by atoms with E-state index < -0.39 is 0 Å². The third-order valence-electron chi connectivity index (χ3n) is 3.99.